The van der Waals surface area contributed by atoms with Crippen molar-refractivity contribution < 1.29 is 22.7 Å². The van der Waals surface area contributed by atoms with E-state index in [1.165, 1.54) is 19.2 Å². The van der Waals surface area contributed by atoms with Crippen LogP contribution in [-0.2, 0) is 6.18 Å². The summed E-state index contributed by atoms with van der Waals surface area (Å²) in [7, 11) is 1.36. The van der Waals surface area contributed by atoms with Gasteiger partial charge in [0.05, 0.1) is 18.9 Å². The predicted octanol–water partition coefficient (Wildman–Crippen LogP) is 2.78. The topological polar surface area (TPSA) is 81.9 Å². The number of nitrogens with one attached hydrogen (secondary N) is 1. The lowest BCUT2D eigenvalue weighted by Crippen LogP contribution is -2.31. The average Bonchev–Trinajstić information content (AvgIpc) is 3.13. The lowest BCUT2D eigenvalue weighted by molar-refractivity contribution is -0.143. The molecule has 0 saturated heterocycles. The molecule has 2 heterocycles. The van der Waals surface area contributed by atoms with Gasteiger partial charge in [-0.1, -0.05) is 12.2 Å². The molecule has 1 unspecified atom stereocenters. The molecule has 0 saturated carbocycles. The molecule has 1 aliphatic carbocycles. The Balaban J connectivity index is 1.85. The molecular weight excluding hydrogens is 363 g/mol. The molecule has 3 rings (SSSR count). The van der Waals surface area contributed by atoms with Crippen molar-refractivity contribution in [3.63, 3.8) is 0 Å². The Hall–Kier alpha value is -2.91. The number of carbonyl (C=O) groups is 1. The Bertz CT molecular complexity index is 830. The molecule has 7 nitrogen and oxygen atoms in total. The fourth-order valence-electron chi connectivity index (χ4n) is 2.87. The van der Waals surface area contributed by atoms with Crippen LogP contribution in [0.1, 0.15) is 35.3 Å². The molecule has 144 valence electrons. The van der Waals surface area contributed by atoms with Gasteiger partial charge in [-0.05, 0) is 31.2 Å². The van der Waals surface area contributed by atoms with Gasteiger partial charge >= 0.3 is 6.18 Å². The maximum absolute atomic E-state index is 13.6. The van der Waals surface area contributed by atoms with Crippen LogP contribution in [0.25, 0.3) is 5.82 Å². The van der Waals surface area contributed by atoms with Gasteiger partial charge in [-0.3, -0.25) is 4.79 Å². The normalized spacial score (nSPS) is 17.0. The number of aromatic nitrogens is 4. The maximum Gasteiger partial charge on any atom is 0.434 e. The van der Waals surface area contributed by atoms with Gasteiger partial charge in [-0.15, -0.1) is 10.2 Å². The minimum atomic E-state index is -4.79. The van der Waals surface area contributed by atoms with Crippen molar-refractivity contribution in [3.8, 4) is 11.7 Å². The number of ether oxygens (including phenoxy) is 1. The van der Waals surface area contributed by atoms with Crippen LogP contribution in [0.4, 0.5) is 13.2 Å². The first-order valence-electron chi connectivity index (χ1n) is 8.36. The Morgan fingerprint density at radius 1 is 1.33 bits per heavy atom. The summed E-state index contributed by atoms with van der Waals surface area (Å²) in [5.74, 6) is -0.612. The van der Waals surface area contributed by atoms with Crippen LogP contribution in [0, 0.1) is 5.92 Å². The van der Waals surface area contributed by atoms with Gasteiger partial charge in [0.2, 0.25) is 5.88 Å². The van der Waals surface area contributed by atoms with E-state index in [-0.39, 0.29) is 17.6 Å². The van der Waals surface area contributed by atoms with Crippen LogP contribution in [-0.4, -0.2) is 39.5 Å². The summed E-state index contributed by atoms with van der Waals surface area (Å²) >= 11 is 0. The summed E-state index contributed by atoms with van der Waals surface area (Å²) in [6, 6.07) is 2.64. The molecule has 27 heavy (non-hydrogen) atoms. The highest BCUT2D eigenvalue weighted by Gasteiger charge is 2.41. The second-order valence-corrected chi connectivity index (χ2v) is 6.11. The Morgan fingerprint density at radius 2 is 2.15 bits per heavy atom. The van der Waals surface area contributed by atoms with Crippen LogP contribution in [0.15, 0.2) is 30.5 Å². The number of methoxy groups -OCH3 is 1. The van der Waals surface area contributed by atoms with E-state index in [4.69, 9.17) is 4.74 Å². The zero-order valence-electron chi connectivity index (χ0n) is 14.5. The molecular formula is C17H18F3N5O2. The third-order valence-corrected chi connectivity index (χ3v) is 4.26. The molecule has 2 aromatic heterocycles. The maximum atomic E-state index is 13.6. The summed E-state index contributed by atoms with van der Waals surface area (Å²) in [5, 5.41) is 13.6. The van der Waals surface area contributed by atoms with Gasteiger partial charge in [0.25, 0.3) is 5.91 Å². The molecule has 0 spiro atoms. The number of carbonyl (C=O) groups excluding carboxylic acids is 1. The standard InChI is InChI=1S/C17H18F3N5O2/c1-27-14-8-7-13(23-24-14)25-15(17(18,19)20)12(10-22-25)16(26)21-9-11-5-3-2-4-6-11/h2-3,7-8,10-11H,4-6,9H2,1H3,(H,21,26). The van der Waals surface area contributed by atoms with Crippen molar-refractivity contribution in [1.82, 2.24) is 25.3 Å². The van der Waals surface area contributed by atoms with E-state index in [1.807, 2.05) is 6.08 Å². The van der Waals surface area contributed by atoms with Gasteiger partial charge < -0.3 is 10.1 Å². The second kappa shape index (κ2) is 7.77. The van der Waals surface area contributed by atoms with E-state index in [9.17, 15) is 18.0 Å². The van der Waals surface area contributed by atoms with Crippen LogP contribution in [0.3, 0.4) is 0 Å². The fraction of sp³-hybridized carbons (Fsp3) is 0.412. The highest BCUT2D eigenvalue weighted by molar-refractivity contribution is 5.95. The predicted molar refractivity (Wildman–Crippen MR) is 89.5 cm³/mol. The average molecular weight is 381 g/mol. The first kappa shape index (κ1) is 18.9. The zero-order chi connectivity index (χ0) is 19.4. The molecule has 1 atom stereocenters. The molecule has 1 amide bonds. The molecule has 1 N–H and O–H groups in total. The van der Waals surface area contributed by atoms with Crippen molar-refractivity contribution >= 4 is 5.91 Å². The molecule has 0 aliphatic heterocycles. The van der Waals surface area contributed by atoms with Crippen LogP contribution in [0.5, 0.6) is 5.88 Å². The molecule has 1 aliphatic rings. The van der Waals surface area contributed by atoms with Crippen molar-refractivity contribution in [3.05, 3.63) is 41.7 Å². The van der Waals surface area contributed by atoms with Gasteiger partial charge in [-0.25, -0.2) is 4.68 Å². The van der Waals surface area contributed by atoms with Crippen LogP contribution in [0.2, 0.25) is 0 Å². The second-order valence-electron chi connectivity index (χ2n) is 6.11. The quantitative estimate of drug-likeness (QED) is 0.806. The van der Waals surface area contributed by atoms with E-state index < -0.39 is 23.3 Å². The molecule has 2 aromatic rings. The van der Waals surface area contributed by atoms with E-state index >= 15 is 0 Å². The van der Waals surface area contributed by atoms with Crippen molar-refractivity contribution in [1.29, 1.82) is 0 Å². The van der Waals surface area contributed by atoms with Crippen LogP contribution < -0.4 is 10.1 Å². The Labute approximate surface area is 153 Å². The SMILES string of the molecule is COc1ccc(-n2ncc(C(=O)NCC3CC=CCC3)c2C(F)(F)F)nn1. The molecule has 0 fully saturated rings. The number of amides is 1. The van der Waals surface area contributed by atoms with E-state index in [0.717, 1.165) is 25.5 Å². The third kappa shape index (κ3) is 4.26. The summed E-state index contributed by atoms with van der Waals surface area (Å²) in [6.45, 7) is 0.313. The van der Waals surface area contributed by atoms with Crippen molar-refractivity contribution in [2.45, 2.75) is 25.4 Å². The van der Waals surface area contributed by atoms with E-state index in [2.05, 4.69) is 26.7 Å². The van der Waals surface area contributed by atoms with Crippen LogP contribution >= 0.6 is 0 Å². The number of alkyl halides is 3. The molecule has 0 radical (unpaired) electrons. The van der Waals surface area contributed by atoms with E-state index in [0.29, 0.717) is 11.2 Å². The van der Waals surface area contributed by atoms with Crippen molar-refractivity contribution in [2.24, 2.45) is 5.92 Å². The summed E-state index contributed by atoms with van der Waals surface area (Å²) in [5.41, 5.74) is -1.74. The summed E-state index contributed by atoms with van der Waals surface area (Å²) < 4.78 is 46.2. The molecule has 0 bridgehead atoms. The summed E-state index contributed by atoms with van der Waals surface area (Å²) in [4.78, 5) is 12.4. The minimum absolute atomic E-state index is 0.152. The number of nitrogens with zero attached hydrogens (tertiary/aromatic N) is 4. The van der Waals surface area contributed by atoms with Gasteiger partial charge in [0, 0.05) is 12.6 Å². The van der Waals surface area contributed by atoms with E-state index in [1.54, 1.807) is 0 Å². The number of allylic oxidation sites excluding steroid dienone is 2. The number of hydrogen-bond donors (Lipinski definition) is 1. The zero-order valence-corrected chi connectivity index (χ0v) is 14.5. The fourth-order valence-corrected chi connectivity index (χ4v) is 2.87. The number of halogens is 3. The highest BCUT2D eigenvalue weighted by atomic mass is 19.4. The largest absolute Gasteiger partial charge is 0.480 e. The highest BCUT2D eigenvalue weighted by Crippen LogP contribution is 2.33. The number of rotatable bonds is 5. The van der Waals surface area contributed by atoms with Gasteiger partial charge in [0.1, 0.15) is 0 Å². The Kier molecular flexibility index (Phi) is 5.43. The van der Waals surface area contributed by atoms with Gasteiger partial charge in [-0.2, -0.15) is 18.3 Å². The minimum Gasteiger partial charge on any atom is -0.480 e. The van der Waals surface area contributed by atoms with Crippen molar-refractivity contribution in [2.75, 3.05) is 13.7 Å². The lowest BCUT2D eigenvalue weighted by Gasteiger charge is -2.18. The first-order valence-corrected chi connectivity index (χ1v) is 8.36. The molecule has 0 aromatic carbocycles. The van der Waals surface area contributed by atoms with Gasteiger partial charge in [0.15, 0.2) is 11.5 Å². The first-order chi connectivity index (χ1) is 12.9. The molecule has 10 heteroatoms. The monoisotopic (exact) mass is 381 g/mol. The third-order valence-electron chi connectivity index (χ3n) is 4.26. The Morgan fingerprint density at radius 3 is 2.74 bits per heavy atom. The number of hydrogen-bond acceptors (Lipinski definition) is 5. The summed E-state index contributed by atoms with van der Waals surface area (Å²) in [6.07, 6.45) is 2.77. The smallest absolute Gasteiger partial charge is 0.434 e. The lowest BCUT2D eigenvalue weighted by atomic mass is 9.94.